The molecule has 0 bridgehead atoms. The Kier molecular flexibility index (Phi) is 6.58. The third kappa shape index (κ3) is 3.34. The fraction of sp³-hybridized carbons (Fsp3) is 0.100. The van der Waals surface area contributed by atoms with E-state index in [-0.39, 0.29) is 5.41 Å². The van der Waals surface area contributed by atoms with Gasteiger partial charge in [0.1, 0.15) is 0 Å². The first-order chi connectivity index (χ1) is 19.9. The Labute approximate surface area is 243 Å². The van der Waals surface area contributed by atoms with E-state index in [0.717, 1.165) is 0 Å². The van der Waals surface area contributed by atoms with E-state index in [9.17, 15) is 0 Å². The van der Waals surface area contributed by atoms with E-state index in [1.54, 1.807) is 0 Å². The van der Waals surface area contributed by atoms with Crippen molar-refractivity contribution in [3.05, 3.63) is 181 Å². The molecule has 0 aliphatic heterocycles. The van der Waals surface area contributed by atoms with E-state index in [4.69, 9.17) is 0 Å². The summed E-state index contributed by atoms with van der Waals surface area (Å²) in [5, 5.41) is 0. The predicted octanol–water partition coefficient (Wildman–Crippen LogP) is 6.08. The summed E-state index contributed by atoms with van der Waals surface area (Å²) in [6.07, 6.45) is 0. The first-order valence-corrected chi connectivity index (χ1v) is 21.3. The molecule has 0 saturated heterocycles. The van der Waals surface area contributed by atoms with Crippen LogP contribution in [0.5, 0.6) is 0 Å². The molecule has 41 heavy (non-hydrogen) atoms. The Hall–Kier alpha value is -3.89. The molecule has 0 saturated carbocycles. The first-order valence-electron chi connectivity index (χ1n) is 14.3. The van der Waals surface area contributed by atoms with E-state index in [0.29, 0.717) is 0 Å². The maximum atomic E-state index is 2.46. The van der Waals surface area contributed by atoms with Gasteiger partial charge < -0.3 is 0 Å². The van der Waals surface area contributed by atoms with Crippen LogP contribution in [0.25, 0.3) is 0 Å². The second-order valence-electron chi connectivity index (χ2n) is 11.9. The molecule has 0 aromatic heterocycles. The van der Waals surface area contributed by atoms with E-state index >= 15 is 0 Å². The molecule has 0 N–H and O–H groups in total. The minimum absolute atomic E-state index is 0.0421. The Morgan fingerprint density at radius 3 is 0.732 bits per heavy atom. The van der Waals surface area contributed by atoms with Crippen LogP contribution in [0.4, 0.5) is 0 Å². The molecule has 0 spiro atoms. The Bertz CT molecular complexity index is 1490. The topological polar surface area (TPSA) is 0 Å². The molecule has 0 radical (unpaired) electrons. The molecule has 6 rings (SSSR count). The average Bonchev–Trinajstić information content (AvgIpc) is 3.05. The summed E-state index contributed by atoms with van der Waals surface area (Å²) in [5.74, 6) is 0. The monoisotopic (exact) mass is 648 g/mol. The van der Waals surface area contributed by atoms with E-state index in [2.05, 4.69) is 197 Å². The summed E-state index contributed by atoms with van der Waals surface area (Å²) in [7, 11) is 0. The summed E-state index contributed by atoms with van der Waals surface area (Å²) in [5.41, 5.74) is 1.37. The van der Waals surface area contributed by atoms with Gasteiger partial charge in [0.25, 0.3) is 0 Å². The van der Waals surface area contributed by atoms with Crippen molar-refractivity contribution in [2.75, 3.05) is 0 Å². The van der Waals surface area contributed by atoms with Gasteiger partial charge in [0.15, 0.2) is 0 Å². The normalized spacial score (nSPS) is 13.6. The summed E-state index contributed by atoms with van der Waals surface area (Å²) in [6.45, 7) is 6.88. The number of benzene rings is 6. The standard InChI is InChI=1S/C40H38Te/c1-40(2,3)33-29-31-39(32-30-33)41(34-19-9-4-10-20-34,35-21-11-5-12-22-35,36-23-13-6-14-24-36,37-25-15-7-16-26-37)38-27-17-8-18-28-38/h4-32H,1-3H3. The molecule has 0 heterocycles. The van der Waals surface area contributed by atoms with Crippen LogP contribution in [0.15, 0.2) is 176 Å². The van der Waals surface area contributed by atoms with Crippen molar-refractivity contribution in [2.24, 2.45) is 0 Å². The summed E-state index contributed by atoms with van der Waals surface area (Å²) in [6, 6.07) is 66.5. The zero-order valence-corrected chi connectivity index (χ0v) is 26.5. The first kappa shape index (κ1) is 27.3. The molecular weight excluding hydrogens is 608 g/mol. The molecule has 0 atom stereocenters. The molecule has 1 heteroatoms. The predicted molar refractivity (Wildman–Crippen MR) is 181 cm³/mol. The number of rotatable bonds is 6. The zero-order chi connectivity index (χ0) is 28.5. The zero-order valence-electron chi connectivity index (χ0n) is 24.2. The van der Waals surface area contributed by atoms with Crippen LogP contribution in [0, 0.1) is 0 Å². The Morgan fingerprint density at radius 1 is 0.293 bits per heavy atom. The van der Waals surface area contributed by atoms with Gasteiger partial charge in [0, 0.05) is 0 Å². The number of hydrogen-bond donors (Lipinski definition) is 0. The fourth-order valence-electron chi connectivity index (χ4n) is 7.14. The van der Waals surface area contributed by atoms with Crippen LogP contribution in [0.2, 0.25) is 0 Å². The quantitative estimate of drug-likeness (QED) is 0.193. The van der Waals surface area contributed by atoms with Crippen LogP contribution in [0.3, 0.4) is 0 Å². The summed E-state index contributed by atoms with van der Waals surface area (Å²) < 4.78 is 8.13. The molecule has 0 aliphatic carbocycles. The van der Waals surface area contributed by atoms with Crippen molar-refractivity contribution in [1.82, 2.24) is 0 Å². The molecule has 0 amide bonds. The molecule has 6 aromatic carbocycles. The molecule has 6 aromatic rings. The van der Waals surface area contributed by atoms with Crippen molar-refractivity contribution >= 4 is 37.1 Å². The third-order valence-electron chi connectivity index (χ3n) is 8.97. The van der Waals surface area contributed by atoms with Crippen molar-refractivity contribution in [3.8, 4) is 0 Å². The maximum absolute atomic E-state index is 5.69. The van der Waals surface area contributed by atoms with Gasteiger partial charge in [-0.3, -0.25) is 0 Å². The van der Waals surface area contributed by atoms with Crippen LogP contribution in [-0.4, -0.2) is 15.4 Å². The molecule has 0 unspecified atom stereocenters. The van der Waals surface area contributed by atoms with Gasteiger partial charge in [-0.05, 0) is 0 Å². The van der Waals surface area contributed by atoms with Crippen LogP contribution in [0.1, 0.15) is 26.3 Å². The van der Waals surface area contributed by atoms with E-state index < -0.39 is 15.4 Å². The van der Waals surface area contributed by atoms with Crippen LogP contribution < -0.4 is 21.7 Å². The Balaban J connectivity index is 2.09. The van der Waals surface area contributed by atoms with Gasteiger partial charge in [-0.25, -0.2) is 0 Å². The van der Waals surface area contributed by atoms with Gasteiger partial charge in [-0.1, -0.05) is 0 Å². The van der Waals surface area contributed by atoms with Gasteiger partial charge in [-0.15, -0.1) is 0 Å². The van der Waals surface area contributed by atoms with Crippen molar-refractivity contribution in [2.45, 2.75) is 26.2 Å². The molecule has 0 fully saturated rings. The third-order valence-corrected chi connectivity index (χ3v) is 33.8. The van der Waals surface area contributed by atoms with Gasteiger partial charge in [0.2, 0.25) is 0 Å². The molecule has 204 valence electrons. The molecular formula is C40H38Te. The second-order valence-corrected chi connectivity index (χ2v) is 28.7. The molecule has 0 aliphatic rings. The van der Waals surface area contributed by atoms with E-state index in [1.165, 1.54) is 27.2 Å². The van der Waals surface area contributed by atoms with Crippen LogP contribution in [-0.2, 0) is 5.41 Å². The summed E-state index contributed by atoms with van der Waals surface area (Å²) in [4.78, 5) is 0. The average molecular weight is 646 g/mol. The van der Waals surface area contributed by atoms with Gasteiger partial charge in [0.05, 0.1) is 0 Å². The van der Waals surface area contributed by atoms with Crippen molar-refractivity contribution in [1.29, 1.82) is 0 Å². The number of hydrogen-bond acceptors (Lipinski definition) is 0. The van der Waals surface area contributed by atoms with Gasteiger partial charge in [-0.2, -0.15) is 0 Å². The Morgan fingerprint density at radius 2 is 0.512 bits per heavy atom. The fourth-order valence-corrected chi connectivity index (χ4v) is 33.1. The van der Waals surface area contributed by atoms with Gasteiger partial charge >= 0.3 is 245 Å². The van der Waals surface area contributed by atoms with Crippen LogP contribution >= 0.6 is 0 Å². The SMILES string of the molecule is CC(C)(C)c1ccc([Te](c2ccccc2)(c2ccccc2)(c2ccccc2)(c2ccccc2)c2ccccc2)cc1. The van der Waals surface area contributed by atoms with E-state index in [1.807, 2.05) is 0 Å². The molecule has 0 nitrogen and oxygen atoms in total. The summed E-state index contributed by atoms with van der Waals surface area (Å²) >= 11 is -5.69. The minimum atomic E-state index is -5.69. The van der Waals surface area contributed by atoms with Crippen molar-refractivity contribution < 1.29 is 0 Å². The second kappa shape index (κ2) is 9.88. The van der Waals surface area contributed by atoms with Crippen molar-refractivity contribution in [3.63, 3.8) is 0 Å².